The second-order valence-corrected chi connectivity index (χ2v) is 8.29. The molecule has 0 aliphatic rings. The van der Waals surface area contributed by atoms with Gasteiger partial charge in [0.2, 0.25) is 5.88 Å². The molecule has 1 aromatic carbocycles. The maximum atomic E-state index is 9.73. The SMILES string of the molecule is Cc1nc(OCCC(C)(C)O)ccc1Oc1cccc(COC(C)(C)C)c1. The number of benzene rings is 1. The van der Waals surface area contributed by atoms with Gasteiger partial charge in [-0.15, -0.1) is 0 Å². The van der Waals surface area contributed by atoms with E-state index in [0.717, 1.165) is 17.0 Å². The van der Waals surface area contributed by atoms with Gasteiger partial charge in [-0.1, -0.05) is 12.1 Å². The van der Waals surface area contributed by atoms with Gasteiger partial charge in [0.15, 0.2) is 0 Å². The number of rotatable bonds is 8. The maximum Gasteiger partial charge on any atom is 0.213 e. The molecule has 0 bridgehead atoms. The number of nitrogens with zero attached hydrogens (tertiary/aromatic N) is 1. The van der Waals surface area contributed by atoms with Gasteiger partial charge in [-0.2, -0.15) is 0 Å². The van der Waals surface area contributed by atoms with Crippen LogP contribution in [-0.2, 0) is 11.3 Å². The first-order valence-electron chi connectivity index (χ1n) is 9.25. The third kappa shape index (κ3) is 7.97. The molecule has 5 nitrogen and oxygen atoms in total. The topological polar surface area (TPSA) is 60.8 Å². The fourth-order valence-corrected chi connectivity index (χ4v) is 2.24. The van der Waals surface area contributed by atoms with Crippen molar-refractivity contribution in [1.82, 2.24) is 4.98 Å². The van der Waals surface area contributed by atoms with Crippen LogP contribution in [0, 0.1) is 6.92 Å². The Morgan fingerprint density at radius 3 is 2.41 bits per heavy atom. The predicted molar refractivity (Wildman–Crippen MR) is 106 cm³/mol. The number of aliphatic hydroxyl groups is 1. The second-order valence-electron chi connectivity index (χ2n) is 8.29. The summed E-state index contributed by atoms with van der Waals surface area (Å²) in [6.07, 6.45) is 0.537. The Morgan fingerprint density at radius 1 is 1.04 bits per heavy atom. The number of ether oxygens (including phenoxy) is 3. The highest BCUT2D eigenvalue weighted by Crippen LogP contribution is 2.27. The largest absolute Gasteiger partial charge is 0.478 e. The zero-order valence-electron chi connectivity index (χ0n) is 17.2. The zero-order chi connectivity index (χ0) is 20.1. The third-order valence-electron chi connectivity index (χ3n) is 3.77. The molecule has 1 heterocycles. The lowest BCUT2D eigenvalue weighted by atomic mass is 10.1. The Hall–Kier alpha value is -2.11. The van der Waals surface area contributed by atoms with Gasteiger partial charge in [0.05, 0.1) is 30.1 Å². The first-order valence-corrected chi connectivity index (χ1v) is 9.25. The molecule has 148 valence electrons. The van der Waals surface area contributed by atoms with E-state index in [2.05, 4.69) is 4.98 Å². The number of hydrogen-bond donors (Lipinski definition) is 1. The van der Waals surface area contributed by atoms with E-state index >= 15 is 0 Å². The van der Waals surface area contributed by atoms with E-state index in [-0.39, 0.29) is 5.60 Å². The van der Waals surface area contributed by atoms with Gasteiger partial charge in [-0.05, 0) is 65.3 Å². The normalized spacial score (nSPS) is 12.1. The molecule has 0 atom stereocenters. The van der Waals surface area contributed by atoms with Crippen molar-refractivity contribution in [2.24, 2.45) is 0 Å². The molecule has 0 saturated carbocycles. The van der Waals surface area contributed by atoms with Gasteiger partial charge in [-0.25, -0.2) is 4.98 Å². The predicted octanol–water partition coefficient (Wildman–Crippen LogP) is 5.04. The Morgan fingerprint density at radius 2 is 1.78 bits per heavy atom. The number of hydrogen-bond acceptors (Lipinski definition) is 5. The second kappa shape index (κ2) is 8.72. The molecule has 0 spiro atoms. The van der Waals surface area contributed by atoms with Gasteiger partial charge in [0.1, 0.15) is 11.5 Å². The lowest BCUT2D eigenvalue weighted by molar-refractivity contribution is -0.0150. The van der Waals surface area contributed by atoms with Gasteiger partial charge in [-0.3, -0.25) is 0 Å². The van der Waals surface area contributed by atoms with Gasteiger partial charge in [0.25, 0.3) is 0 Å². The van der Waals surface area contributed by atoms with Gasteiger partial charge in [0, 0.05) is 12.5 Å². The van der Waals surface area contributed by atoms with Gasteiger partial charge < -0.3 is 19.3 Å². The summed E-state index contributed by atoms with van der Waals surface area (Å²) < 4.78 is 17.4. The van der Waals surface area contributed by atoms with Crippen LogP contribution in [0.3, 0.4) is 0 Å². The molecule has 0 unspecified atom stereocenters. The molecule has 0 radical (unpaired) electrons. The van der Waals surface area contributed by atoms with Crippen molar-refractivity contribution in [3.05, 3.63) is 47.7 Å². The molecule has 0 aliphatic carbocycles. The number of aryl methyl sites for hydroxylation is 1. The number of aromatic nitrogens is 1. The summed E-state index contributed by atoms with van der Waals surface area (Å²) in [6, 6.07) is 11.5. The van der Waals surface area contributed by atoms with Crippen LogP contribution in [0.15, 0.2) is 36.4 Å². The van der Waals surface area contributed by atoms with Crippen molar-refractivity contribution < 1.29 is 19.3 Å². The van der Waals surface area contributed by atoms with Crippen molar-refractivity contribution in [3.8, 4) is 17.4 Å². The minimum absolute atomic E-state index is 0.182. The summed E-state index contributed by atoms with van der Waals surface area (Å²) in [7, 11) is 0. The molecule has 0 saturated heterocycles. The first-order chi connectivity index (χ1) is 12.5. The summed E-state index contributed by atoms with van der Waals surface area (Å²) in [4.78, 5) is 4.43. The summed E-state index contributed by atoms with van der Waals surface area (Å²) in [6.45, 7) is 12.4. The minimum Gasteiger partial charge on any atom is -0.478 e. The Labute approximate surface area is 162 Å². The van der Waals surface area contributed by atoms with Gasteiger partial charge >= 0.3 is 0 Å². The minimum atomic E-state index is -0.750. The highest BCUT2D eigenvalue weighted by atomic mass is 16.5. The van der Waals surface area contributed by atoms with E-state index in [0.29, 0.717) is 31.3 Å². The van der Waals surface area contributed by atoms with Crippen LogP contribution in [0.25, 0.3) is 0 Å². The lowest BCUT2D eigenvalue weighted by Gasteiger charge is -2.19. The van der Waals surface area contributed by atoms with E-state index in [1.165, 1.54) is 0 Å². The van der Waals surface area contributed by atoms with Crippen molar-refractivity contribution in [2.75, 3.05) is 6.61 Å². The molecule has 0 aliphatic heterocycles. The zero-order valence-corrected chi connectivity index (χ0v) is 17.2. The average molecular weight is 373 g/mol. The van der Waals surface area contributed by atoms with Crippen molar-refractivity contribution in [3.63, 3.8) is 0 Å². The fraction of sp³-hybridized carbons (Fsp3) is 0.500. The van der Waals surface area contributed by atoms with E-state index in [4.69, 9.17) is 14.2 Å². The first kappa shape index (κ1) is 21.2. The Balaban J connectivity index is 1.99. The Bertz CT molecular complexity index is 745. The van der Waals surface area contributed by atoms with E-state index in [9.17, 15) is 5.11 Å². The van der Waals surface area contributed by atoms with Crippen molar-refractivity contribution >= 4 is 0 Å². The molecule has 0 fully saturated rings. The Kier molecular flexibility index (Phi) is 6.84. The van der Waals surface area contributed by atoms with E-state index in [1.54, 1.807) is 19.9 Å². The summed E-state index contributed by atoms with van der Waals surface area (Å²) in [5.41, 5.74) is 0.866. The lowest BCUT2D eigenvalue weighted by Crippen LogP contribution is -2.22. The monoisotopic (exact) mass is 373 g/mol. The average Bonchev–Trinajstić information content (AvgIpc) is 2.54. The van der Waals surface area contributed by atoms with Crippen LogP contribution in [0.2, 0.25) is 0 Å². The van der Waals surface area contributed by atoms with Crippen LogP contribution < -0.4 is 9.47 Å². The maximum absolute atomic E-state index is 9.73. The van der Waals surface area contributed by atoms with Crippen molar-refractivity contribution in [1.29, 1.82) is 0 Å². The molecular formula is C22H31NO4. The smallest absolute Gasteiger partial charge is 0.213 e. The molecule has 27 heavy (non-hydrogen) atoms. The van der Waals surface area contributed by atoms with E-state index in [1.807, 2.05) is 58.0 Å². The summed E-state index contributed by atoms with van der Waals surface area (Å²) in [5.74, 6) is 1.95. The molecule has 2 aromatic rings. The highest BCUT2D eigenvalue weighted by molar-refractivity contribution is 5.37. The highest BCUT2D eigenvalue weighted by Gasteiger charge is 2.13. The molecule has 1 aromatic heterocycles. The fourth-order valence-electron chi connectivity index (χ4n) is 2.24. The molecule has 1 N–H and O–H groups in total. The quantitative estimate of drug-likeness (QED) is 0.702. The summed E-state index contributed by atoms with van der Waals surface area (Å²) in [5, 5.41) is 9.73. The van der Waals surface area contributed by atoms with Crippen LogP contribution in [0.4, 0.5) is 0 Å². The molecule has 0 amide bonds. The third-order valence-corrected chi connectivity index (χ3v) is 3.77. The van der Waals surface area contributed by atoms with Crippen LogP contribution in [0.1, 0.15) is 52.3 Å². The standard InChI is InChI=1S/C22H31NO4/c1-16-19(10-11-20(23-16)25-13-12-22(5,6)24)27-18-9-7-8-17(14-18)15-26-21(2,3)4/h7-11,14,24H,12-13,15H2,1-6H3. The van der Waals surface area contributed by atoms with Crippen LogP contribution in [0.5, 0.6) is 17.4 Å². The molecule has 2 rings (SSSR count). The van der Waals surface area contributed by atoms with Crippen LogP contribution >= 0.6 is 0 Å². The number of pyridine rings is 1. The van der Waals surface area contributed by atoms with Crippen LogP contribution in [-0.4, -0.2) is 27.9 Å². The van der Waals surface area contributed by atoms with E-state index < -0.39 is 5.60 Å². The summed E-state index contributed by atoms with van der Waals surface area (Å²) >= 11 is 0. The molecule has 5 heteroatoms. The molecular weight excluding hydrogens is 342 g/mol. The van der Waals surface area contributed by atoms with Crippen molar-refractivity contribution in [2.45, 2.75) is 65.8 Å².